The topological polar surface area (TPSA) is 57.4 Å². The molecule has 0 aliphatic heterocycles. The molecule has 3 aromatic carbocycles. The Morgan fingerprint density at radius 1 is 0.969 bits per heavy atom. The zero-order valence-electron chi connectivity index (χ0n) is 18.8. The van der Waals surface area contributed by atoms with E-state index in [1.54, 1.807) is 0 Å². The Balaban J connectivity index is 1.47. The van der Waals surface area contributed by atoms with Crippen molar-refractivity contribution < 1.29 is 9.53 Å². The third-order valence-corrected chi connectivity index (χ3v) is 5.67. The molecule has 4 rings (SSSR count). The van der Waals surface area contributed by atoms with E-state index in [0.29, 0.717) is 12.3 Å². The largest absolute Gasteiger partial charge is 0.489 e. The van der Waals surface area contributed by atoms with Crippen LogP contribution < -0.4 is 15.0 Å². The van der Waals surface area contributed by atoms with Crippen LogP contribution in [-0.4, -0.2) is 24.0 Å². The van der Waals surface area contributed by atoms with Crippen LogP contribution in [0.4, 0.5) is 11.4 Å². The molecule has 32 heavy (non-hydrogen) atoms. The van der Waals surface area contributed by atoms with Crippen molar-refractivity contribution in [3.63, 3.8) is 0 Å². The summed E-state index contributed by atoms with van der Waals surface area (Å²) in [5.74, 6) is 0.602. The van der Waals surface area contributed by atoms with Crippen LogP contribution in [0.25, 0.3) is 10.9 Å². The molecule has 0 atom stereocenters. The number of anilines is 2. The number of hydrogen-bond acceptors (Lipinski definition) is 3. The third-order valence-electron chi connectivity index (χ3n) is 5.67. The highest BCUT2D eigenvalue weighted by Crippen LogP contribution is 2.25. The van der Waals surface area contributed by atoms with Crippen molar-refractivity contribution in [2.75, 3.05) is 23.3 Å². The number of aryl methyl sites for hydroxylation is 1. The zero-order valence-corrected chi connectivity index (χ0v) is 18.8. The molecule has 0 fully saturated rings. The number of H-pyrrole nitrogens is 1. The smallest absolute Gasteiger partial charge is 0.272 e. The summed E-state index contributed by atoms with van der Waals surface area (Å²) in [5.41, 5.74) is 5.52. The van der Waals surface area contributed by atoms with Gasteiger partial charge < -0.3 is 19.9 Å². The fraction of sp³-hybridized carbons (Fsp3) is 0.222. The summed E-state index contributed by atoms with van der Waals surface area (Å²) in [6, 6.07) is 23.9. The maximum atomic E-state index is 12.9. The number of aromatic amines is 1. The van der Waals surface area contributed by atoms with Gasteiger partial charge in [0.1, 0.15) is 18.1 Å². The van der Waals surface area contributed by atoms with Gasteiger partial charge in [-0.3, -0.25) is 4.79 Å². The van der Waals surface area contributed by atoms with Crippen LogP contribution in [0.1, 0.15) is 35.5 Å². The van der Waals surface area contributed by atoms with E-state index in [9.17, 15) is 4.79 Å². The molecule has 0 saturated heterocycles. The van der Waals surface area contributed by atoms with Gasteiger partial charge in [-0.2, -0.15) is 0 Å². The van der Waals surface area contributed by atoms with E-state index in [2.05, 4.69) is 41.2 Å². The number of benzene rings is 3. The van der Waals surface area contributed by atoms with Gasteiger partial charge in [-0.05, 0) is 68.3 Å². The number of amides is 1. The minimum atomic E-state index is -0.161. The van der Waals surface area contributed by atoms with E-state index in [0.717, 1.165) is 46.6 Å². The van der Waals surface area contributed by atoms with Gasteiger partial charge in [0.15, 0.2) is 0 Å². The standard InChI is InChI=1S/C27H29N3O2/c1-4-30(5-2)22-12-14-24(19(3)15-22)29-27(31)26-16-21-11-13-23(17-25(21)28-26)32-18-20-9-7-6-8-10-20/h6-17,28H,4-5,18H2,1-3H3,(H,29,31). The van der Waals surface area contributed by atoms with Gasteiger partial charge in [0.25, 0.3) is 5.91 Å². The first-order valence-electron chi connectivity index (χ1n) is 11.0. The van der Waals surface area contributed by atoms with Crippen LogP contribution in [0.5, 0.6) is 5.75 Å². The van der Waals surface area contributed by atoms with Crippen LogP contribution >= 0.6 is 0 Å². The molecule has 5 heteroatoms. The van der Waals surface area contributed by atoms with Crippen molar-refractivity contribution in [3.05, 3.63) is 89.6 Å². The Morgan fingerprint density at radius 2 is 1.75 bits per heavy atom. The number of carbonyl (C=O) groups excluding carboxylic acids is 1. The number of ether oxygens (including phenoxy) is 1. The van der Waals surface area contributed by atoms with Gasteiger partial charge in [0, 0.05) is 41.4 Å². The lowest BCUT2D eigenvalue weighted by atomic mass is 10.1. The average molecular weight is 428 g/mol. The normalized spacial score (nSPS) is 10.8. The minimum Gasteiger partial charge on any atom is -0.489 e. The number of rotatable bonds is 8. The van der Waals surface area contributed by atoms with Crippen molar-refractivity contribution >= 4 is 28.2 Å². The monoisotopic (exact) mass is 427 g/mol. The molecule has 0 aliphatic rings. The SMILES string of the molecule is CCN(CC)c1ccc(NC(=O)c2cc3ccc(OCc4ccccc4)cc3[nH]2)c(C)c1. The lowest BCUT2D eigenvalue weighted by Crippen LogP contribution is -2.22. The summed E-state index contributed by atoms with van der Waals surface area (Å²) in [7, 11) is 0. The molecular weight excluding hydrogens is 398 g/mol. The second-order valence-corrected chi connectivity index (χ2v) is 7.83. The van der Waals surface area contributed by atoms with Gasteiger partial charge in [-0.25, -0.2) is 0 Å². The lowest BCUT2D eigenvalue weighted by Gasteiger charge is -2.22. The third kappa shape index (κ3) is 4.78. The highest BCUT2D eigenvalue weighted by molar-refractivity contribution is 6.06. The number of hydrogen-bond donors (Lipinski definition) is 2. The Bertz CT molecular complexity index is 1210. The Morgan fingerprint density at radius 3 is 2.47 bits per heavy atom. The molecule has 0 radical (unpaired) electrons. The predicted molar refractivity (Wildman–Crippen MR) is 132 cm³/mol. The summed E-state index contributed by atoms with van der Waals surface area (Å²) in [4.78, 5) is 18.4. The maximum Gasteiger partial charge on any atom is 0.272 e. The first kappa shape index (κ1) is 21.5. The summed E-state index contributed by atoms with van der Waals surface area (Å²) < 4.78 is 5.91. The van der Waals surface area contributed by atoms with Gasteiger partial charge >= 0.3 is 0 Å². The Kier molecular flexibility index (Phi) is 6.45. The number of carbonyl (C=O) groups is 1. The van der Waals surface area contributed by atoms with Crippen molar-refractivity contribution in [1.82, 2.24) is 4.98 Å². The van der Waals surface area contributed by atoms with Gasteiger partial charge in [0.05, 0.1) is 0 Å². The predicted octanol–water partition coefficient (Wildman–Crippen LogP) is 6.15. The second-order valence-electron chi connectivity index (χ2n) is 7.83. The Labute approximate surface area is 189 Å². The first-order valence-corrected chi connectivity index (χ1v) is 11.0. The molecule has 2 N–H and O–H groups in total. The molecule has 4 aromatic rings. The molecule has 0 aliphatic carbocycles. The number of aromatic nitrogens is 1. The van der Waals surface area contributed by atoms with E-state index < -0.39 is 0 Å². The zero-order chi connectivity index (χ0) is 22.5. The lowest BCUT2D eigenvalue weighted by molar-refractivity contribution is 0.102. The van der Waals surface area contributed by atoms with Crippen molar-refractivity contribution in [3.8, 4) is 5.75 Å². The van der Waals surface area contributed by atoms with Gasteiger partial charge in [-0.15, -0.1) is 0 Å². The molecule has 1 heterocycles. The molecule has 0 unspecified atom stereocenters. The van der Waals surface area contributed by atoms with Crippen molar-refractivity contribution in [2.45, 2.75) is 27.4 Å². The van der Waals surface area contributed by atoms with E-state index in [1.807, 2.05) is 67.6 Å². The molecule has 5 nitrogen and oxygen atoms in total. The summed E-state index contributed by atoms with van der Waals surface area (Å²) in [6.45, 7) is 8.71. The van der Waals surface area contributed by atoms with Crippen LogP contribution in [0.3, 0.4) is 0 Å². The number of fused-ring (bicyclic) bond motifs is 1. The first-order chi connectivity index (χ1) is 15.6. The van der Waals surface area contributed by atoms with Crippen molar-refractivity contribution in [1.29, 1.82) is 0 Å². The summed E-state index contributed by atoms with van der Waals surface area (Å²) in [5, 5.41) is 4.00. The van der Waals surface area contributed by atoms with E-state index in [1.165, 1.54) is 5.69 Å². The van der Waals surface area contributed by atoms with E-state index in [-0.39, 0.29) is 5.91 Å². The average Bonchev–Trinajstić information content (AvgIpc) is 3.24. The van der Waals surface area contributed by atoms with E-state index in [4.69, 9.17) is 4.74 Å². The van der Waals surface area contributed by atoms with Gasteiger partial charge in [0.2, 0.25) is 0 Å². The van der Waals surface area contributed by atoms with Gasteiger partial charge in [-0.1, -0.05) is 30.3 Å². The highest BCUT2D eigenvalue weighted by Gasteiger charge is 2.13. The summed E-state index contributed by atoms with van der Waals surface area (Å²) in [6.07, 6.45) is 0. The fourth-order valence-electron chi connectivity index (χ4n) is 3.82. The van der Waals surface area contributed by atoms with E-state index >= 15 is 0 Å². The van der Waals surface area contributed by atoms with Crippen LogP contribution in [0.2, 0.25) is 0 Å². The maximum absolute atomic E-state index is 12.9. The van der Waals surface area contributed by atoms with Crippen LogP contribution in [0, 0.1) is 6.92 Å². The molecule has 0 spiro atoms. The van der Waals surface area contributed by atoms with Crippen LogP contribution in [0.15, 0.2) is 72.8 Å². The Hall–Kier alpha value is -3.73. The number of nitrogens with zero attached hydrogens (tertiary/aromatic N) is 1. The fourth-order valence-corrected chi connectivity index (χ4v) is 3.82. The molecule has 1 aromatic heterocycles. The molecule has 1 amide bonds. The minimum absolute atomic E-state index is 0.161. The quantitative estimate of drug-likeness (QED) is 0.354. The van der Waals surface area contributed by atoms with Crippen molar-refractivity contribution in [2.24, 2.45) is 0 Å². The molecule has 0 saturated carbocycles. The summed E-state index contributed by atoms with van der Waals surface area (Å²) >= 11 is 0. The van der Waals surface area contributed by atoms with Crippen LogP contribution in [-0.2, 0) is 6.61 Å². The molecular formula is C27H29N3O2. The molecule has 164 valence electrons. The highest BCUT2D eigenvalue weighted by atomic mass is 16.5. The molecule has 0 bridgehead atoms. The number of nitrogens with one attached hydrogen (secondary N) is 2. The second kappa shape index (κ2) is 9.60.